The molecule has 2 aromatic heterocycles. The van der Waals surface area contributed by atoms with Crippen molar-refractivity contribution in [3.63, 3.8) is 0 Å². The molecule has 26 heavy (non-hydrogen) atoms. The van der Waals surface area contributed by atoms with Crippen LogP contribution >= 0.6 is 0 Å². The number of pyridine rings is 2. The molecule has 0 radical (unpaired) electrons. The van der Waals surface area contributed by atoms with Gasteiger partial charge in [0.05, 0.1) is 11.9 Å². The van der Waals surface area contributed by atoms with Crippen LogP contribution in [0, 0.1) is 17.8 Å². The smallest absolute Gasteiger partial charge is 0.224 e. The highest BCUT2D eigenvalue weighted by molar-refractivity contribution is 5.90. The number of anilines is 1. The molecule has 136 valence electrons. The summed E-state index contributed by atoms with van der Waals surface area (Å²) in [6.45, 7) is 0. The molecular formula is C21H25N3O2. The predicted molar refractivity (Wildman–Crippen MR) is 101 cm³/mol. The van der Waals surface area contributed by atoms with Crippen molar-refractivity contribution in [3.8, 4) is 5.82 Å². The van der Waals surface area contributed by atoms with Gasteiger partial charge in [-0.05, 0) is 29.9 Å². The normalized spacial score (nSPS) is 17.6. The van der Waals surface area contributed by atoms with Gasteiger partial charge in [-0.3, -0.25) is 9.59 Å². The van der Waals surface area contributed by atoms with Crippen LogP contribution in [0.15, 0.2) is 47.7 Å². The van der Waals surface area contributed by atoms with E-state index in [2.05, 4.69) is 10.3 Å². The van der Waals surface area contributed by atoms with Crippen LogP contribution in [0.2, 0.25) is 0 Å². The van der Waals surface area contributed by atoms with Crippen LogP contribution in [0.4, 0.5) is 5.69 Å². The predicted octanol–water partition coefficient (Wildman–Crippen LogP) is 3.78. The monoisotopic (exact) mass is 351 g/mol. The molecule has 4 rings (SSSR count). The Morgan fingerprint density at radius 3 is 2.23 bits per heavy atom. The molecule has 1 amide bonds. The molecule has 0 atom stereocenters. The number of hydrogen-bond donors (Lipinski definition) is 1. The summed E-state index contributed by atoms with van der Waals surface area (Å²) in [6.07, 6.45) is 13.5. The van der Waals surface area contributed by atoms with Gasteiger partial charge in [-0.1, -0.05) is 38.5 Å². The fourth-order valence-electron chi connectivity index (χ4n) is 4.06. The summed E-state index contributed by atoms with van der Waals surface area (Å²) in [5.41, 5.74) is 0.693. The molecule has 2 fully saturated rings. The van der Waals surface area contributed by atoms with E-state index in [4.69, 9.17) is 0 Å². The van der Waals surface area contributed by atoms with Crippen LogP contribution in [-0.2, 0) is 4.79 Å². The van der Waals surface area contributed by atoms with Gasteiger partial charge >= 0.3 is 0 Å². The Morgan fingerprint density at radius 2 is 1.73 bits per heavy atom. The van der Waals surface area contributed by atoms with Crippen molar-refractivity contribution in [2.24, 2.45) is 17.8 Å². The minimum Gasteiger partial charge on any atom is -0.325 e. The van der Waals surface area contributed by atoms with Crippen LogP contribution in [0.1, 0.15) is 44.9 Å². The SMILES string of the molecule is O=C(CC(C1CCC1)C1CCC1)Nc1ccc(-n2ccc(=O)cc2)nc1. The van der Waals surface area contributed by atoms with E-state index in [-0.39, 0.29) is 11.3 Å². The molecule has 2 aromatic rings. The molecule has 0 bridgehead atoms. The number of nitrogens with zero attached hydrogens (tertiary/aromatic N) is 2. The molecular weight excluding hydrogens is 326 g/mol. The zero-order valence-electron chi connectivity index (χ0n) is 14.9. The number of rotatable bonds is 6. The van der Waals surface area contributed by atoms with E-state index in [0.29, 0.717) is 18.2 Å². The molecule has 5 heteroatoms. The van der Waals surface area contributed by atoms with Crippen molar-refractivity contribution in [1.82, 2.24) is 9.55 Å². The third-order valence-corrected chi connectivity index (χ3v) is 6.03. The highest BCUT2D eigenvalue weighted by atomic mass is 16.1. The van der Waals surface area contributed by atoms with Gasteiger partial charge in [0.1, 0.15) is 5.82 Å². The van der Waals surface area contributed by atoms with E-state index in [0.717, 1.165) is 17.5 Å². The molecule has 0 unspecified atom stereocenters. The summed E-state index contributed by atoms with van der Waals surface area (Å²) in [4.78, 5) is 28.1. The van der Waals surface area contributed by atoms with E-state index in [1.165, 1.54) is 50.7 Å². The number of hydrogen-bond acceptors (Lipinski definition) is 3. The van der Waals surface area contributed by atoms with Crippen LogP contribution in [0.25, 0.3) is 5.82 Å². The van der Waals surface area contributed by atoms with E-state index >= 15 is 0 Å². The molecule has 2 heterocycles. The number of amides is 1. The Morgan fingerprint density at radius 1 is 1.08 bits per heavy atom. The number of aromatic nitrogens is 2. The maximum absolute atomic E-state index is 12.5. The first-order valence-electron chi connectivity index (χ1n) is 9.63. The van der Waals surface area contributed by atoms with Crippen LogP contribution < -0.4 is 10.7 Å². The summed E-state index contributed by atoms with van der Waals surface area (Å²) in [7, 11) is 0. The van der Waals surface area contributed by atoms with Crippen LogP contribution in [0.3, 0.4) is 0 Å². The van der Waals surface area contributed by atoms with Crippen molar-refractivity contribution in [3.05, 3.63) is 53.1 Å². The summed E-state index contributed by atoms with van der Waals surface area (Å²) < 4.78 is 1.77. The average molecular weight is 351 g/mol. The number of nitrogens with one attached hydrogen (secondary N) is 1. The van der Waals surface area contributed by atoms with Gasteiger partial charge in [-0.15, -0.1) is 0 Å². The van der Waals surface area contributed by atoms with E-state index in [9.17, 15) is 9.59 Å². The lowest BCUT2D eigenvalue weighted by Crippen LogP contribution is -2.35. The largest absolute Gasteiger partial charge is 0.325 e. The van der Waals surface area contributed by atoms with Crippen LogP contribution in [0.5, 0.6) is 0 Å². The highest BCUT2D eigenvalue weighted by Gasteiger charge is 2.37. The Kier molecular flexibility index (Phi) is 4.87. The quantitative estimate of drug-likeness (QED) is 0.861. The number of carbonyl (C=O) groups is 1. The van der Waals surface area contributed by atoms with Gasteiger partial charge in [0.25, 0.3) is 0 Å². The lowest BCUT2D eigenvalue weighted by molar-refractivity contribution is -0.118. The maximum atomic E-state index is 12.5. The molecule has 0 saturated heterocycles. The first-order chi connectivity index (χ1) is 12.7. The lowest BCUT2D eigenvalue weighted by atomic mass is 9.63. The fraction of sp³-hybridized carbons (Fsp3) is 0.476. The molecule has 0 aromatic carbocycles. The van der Waals surface area contributed by atoms with E-state index < -0.39 is 0 Å². The van der Waals surface area contributed by atoms with Gasteiger partial charge in [-0.25, -0.2) is 4.98 Å². The lowest BCUT2D eigenvalue weighted by Gasteiger charge is -2.42. The molecule has 0 spiro atoms. The Labute approximate surface area is 153 Å². The maximum Gasteiger partial charge on any atom is 0.224 e. The molecule has 2 saturated carbocycles. The highest BCUT2D eigenvalue weighted by Crippen LogP contribution is 2.46. The van der Waals surface area contributed by atoms with Crippen molar-refractivity contribution in [1.29, 1.82) is 0 Å². The van der Waals surface area contributed by atoms with Gasteiger partial charge in [0.15, 0.2) is 5.43 Å². The van der Waals surface area contributed by atoms with E-state index in [1.54, 1.807) is 23.2 Å². The van der Waals surface area contributed by atoms with Crippen molar-refractivity contribution < 1.29 is 4.79 Å². The molecule has 5 nitrogen and oxygen atoms in total. The summed E-state index contributed by atoms with van der Waals surface area (Å²) in [6, 6.07) is 6.70. The molecule has 0 aliphatic heterocycles. The zero-order valence-corrected chi connectivity index (χ0v) is 14.9. The third kappa shape index (κ3) is 3.71. The second-order valence-electron chi connectivity index (χ2n) is 7.64. The molecule has 2 aliphatic carbocycles. The molecule has 2 aliphatic rings. The standard InChI is InChI=1S/C21H25N3O2/c25-18-9-11-24(12-10-18)20-8-7-17(14-22-20)23-21(26)13-19(15-3-1-4-15)16-5-2-6-16/h7-12,14-16,19H,1-6,13H2,(H,23,26). The minimum atomic E-state index is -0.0300. The Balaban J connectivity index is 1.37. The zero-order chi connectivity index (χ0) is 17.9. The van der Waals surface area contributed by atoms with Crippen LogP contribution in [-0.4, -0.2) is 15.5 Å². The minimum absolute atomic E-state index is 0.0300. The van der Waals surface area contributed by atoms with Gasteiger partial charge in [-0.2, -0.15) is 0 Å². The second kappa shape index (κ2) is 7.44. The van der Waals surface area contributed by atoms with Gasteiger partial charge in [0.2, 0.25) is 5.91 Å². The second-order valence-corrected chi connectivity index (χ2v) is 7.64. The average Bonchev–Trinajstić information content (AvgIpc) is 2.53. The topological polar surface area (TPSA) is 64.0 Å². The van der Waals surface area contributed by atoms with Gasteiger partial charge in [0, 0.05) is 30.9 Å². The van der Waals surface area contributed by atoms with Crippen molar-refractivity contribution >= 4 is 11.6 Å². The fourth-order valence-corrected chi connectivity index (χ4v) is 4.06. The van der Waals surface area contributed by atoms with Crippen molar-refractivity contribution in [2.45, 2.75) is 44.9 Å². The molecule has 1 N–H and O–H groups in total. The summed E-state index contributed by atoms with van der Waals surface area (Å²) in [5.74, 6) is 2.89. The summed E-state index contributed by atoms with van der Waals surface area (Å²) >= 11 is 0. The van der Waals surface area contributed by atoms with E-state index in [1.807, 2.05) is 12.1 Å². The third-order valence-electron chi connectivity index (χ3n) is 6.03. The first kappa shape index (κ1) is 17.0. The van der Waals surface area contributed by atoms with Gasteiger partial charge < -0.3 is 9.88 Å². The number of carbonyl (C=O) groups excluding carboxylic acids is 1. The Hall–Kier alpha value is -2.43. The van der Waals surface area contributed by atoms with Crippen molar-refractivity contribution in [2.75, 3.05) is 5.32 Å². The summed E-state index contributed by atoms with van der Waals surface area (Å²) in [5, 5.41) is 3.01. The Bertz CT molecular complexity index is 785. The first-order valence-corrected chi connectivity index (χ1v) is 9.63.